The van der Waals surface area contributed by atoms with Crippen molar-refractivity contribution in [2.75, 3.05) is 0 Å². The van der Waals surface area contributed by atoms with Crippen molar-refractivity contribution in [3.05, 3.63) is 0 Å². The van der Waals surface area contributed by atoms with Gasteiger partial charge in [0.05, 0.1) is 6.04 Å². The van der Waals surface area contributed by atoms with Crippen LogP contribution in [0.5, 0.6) is 0 Å². The Labute approximate surface area is 84.6 Å². The average molecular weight is 194 g/mol. The van der Waals surface area contributed by atoms with E-state index in [1.54, 1.807) is 0 Å². The molecule has 14 heavy (non-hydrogen) atoms. The lowest BCUT2D eigenvalue weighted by atomic mass is 10.1. The third-order valence-corrected chi connectivity index (χ3v) is 3.89. The first-order valence-electron chi connectivity index (χ1n) is 5.80. The molecule has 2 N–H and O–H groups in total. The van der Waals surface area contributed by atoms with Crippen LogP contribution in [0.25, 0.3) is 0 Å². The molecule has 2 aliphatic carbocycles. The minimum atomic E-state index is 0.111. The molecule has 3 heteroatoms. The Balaban J connectivity index is 1.49. The molecule has 0 aromatic rings. The van der Waals surface area contributed by atoms with Crippen LogP contribution in [-0.4, -0.2) is 24.0 Å². The molecule has 3 rings (SSSR count). The van der Waals surface area contributed by atoms with Crippen molar-refractivity contribution in [1.82, 2.24) is 10.6 Å². The molecule has 0 bridgehead atoms. The lowest BCUT2D eigenvalue weighted by Crippen LogP contribution is -2.46. The Morgan fingerprint density at radius 3 is 2.79 bits per heavy atom. The van der Waals surface area contributed by atoms with Crippen molar-refractivity contribution in [2.45, 2.75) is 50.7 Å². The molecule has 1 amide bonds. The summed E-state index contributed by atoms with van der Waals surface area (Å²) in [4.78, 5) is 11.8. The van der Waals surface area contributed by atoms with Gasteiger partial charge in [0.25, 0.3) is 0 Å². The smallest absolute Gasteiger partial charge is 0.237 e. The molecule has 1 saturated heterocycles. The van der Waals surface area contributed by atoms with E-state index in [4.69, 9.17) is 0 Å². The molecule has 0 radical (unpaired) electrons. The first kappa shape index (κ1) is 8.72. The van der Waals surface area contributed by atoms with Crippen LogP contribution in [0.2, 0.25) is 0 Å². The van der Waals surface area contributed by atoms with Crippen LogP contribution < -0.4 is 10.6 Å². The highest BCUT2D eigenvalue weighted by Crippen LogP contribution is 2.40. The summed E-state index contributed by atoms with van der Waals surface area (Å²) in [6.45, 7) is 2.13. The summed E-state index contributed by atoms with van der Waals surface area (Å²) >= 11 is 0. The van der Waals surface area contributed by atoms with Gasteiger partial charge in [0.2, 0.25) is 5.91 Å². The van der Waals surface area contributed by atoms with E-state index in [-0.39, 0.29) is 11.9 Å². The second kappa shape index (κ2) is 2.96. The fourth-order valence-corrected chi connectivity index (χ4v) is 2.56. The first-order valence-corrected chi connectivity index (χ1v) is 5.80. The summed E-state index contributed by atoms with van der Waals surface area (Å²) in [6, 6.07) is 1.17. The Kier molecular flexibility index (Phi) is 1.84. The van der Waals surface area contributed by atoms with E-state index in [1.165, 1.54) is 19.3 Å². The summed E-state index contributed by atoms with van der Waals surface area (Å²) in [5.41, 5.74) is 0. The third kappa shape index (κ3) is 1.54. The van der Waals surface area contributed by atoms with E-state index in [2.05, 4.69) is 17.6 Å². The van der Waals surface area contributed by atoms with Gasteiger partial charge in [-0.1, -0.05) is 0 Å². The van der Waals surface area contributed by atoms with Gasteiger partial charge in [-0.2, -0.15) is 0 Å². The van der Waals surface area contributed by atoms with E-state index in [9.17, 15) is 4.79 Å². The van der Waals surface area contributed by atoms with Crippen LogP contribution in [0.4, 0.5) is 0 Å². The molecule has 3 fully saturated rings. The zero-order chi connectivity index (χ0) is 9.71. The Bertz CT molecular complexity index is 252. The van der Waals surface area contributed by atoms with Gasteiger partial charge in [0, 0.05) is 12.1 Å². The molecule has 0 aromatic heterocycles. The van der Waals surface area contributed by atoms with Crippen LogP contribution in [0, 0.1) is 11.8 Å². The predicted octanol–water partition coefficient (Wildman–Crippen LogP) is 0.651. The maximum atomic E-state index is 11.8. The van der Waals surface area contributed by atoms with E-state index >= 15 is 0 Å². The quantitative estimate of drug-likeness (QED) is 0.692. The van der Waals surface area contributed by atoms with Gasteiger partial charge < -0.3 is 10.6 Å². The molecule has 0 spiro atoms. The standard InChI is InChI=1S/C11H18N2O/c1-6(7-2-3-7)12-11(14)10-5-8-4-9(8)13-10/h6-10,13H,2-5H2,1H3,(H,12,14)/t6?,8-,9-,10-/m0/s1. The second-order valence-corrected chi connectivity index (χ2v) is 5.19. The molecule has 2 saturated carbocycles. The normalized spacial score (nSPS) is 41.6. The lowest BCUT2D eigenvalue weighted by molar-refractivity contribution is -0.123. The maximum absolute atomic E-state index is 11.8. The third-order valence-electron chi connectivity index (χ3n) is 3.89. The maximum Gasteiger partial charge on any atom is 0.237 e. The van der Waals surface area contributed by atoms with Crippen LogP contribution in [-0.2, 0) is 4.79 Å². The van der Waals surface area contributed by atoms with Crippen LogP contribution >= 0.6 is 0 Å². The molecule has 4 atom stereocenters. The van der Waals surface area contributed by atoms with Gasteiger partial charge in [0.1, 0.15) is 0 Å². The van der Waals surface area contributed by atoms with Gasteiger partial charge in [-0.05, 0) is 44.4 Å². The summed E-state index contributed by atoms with van der Waals surface area (Å²) in [5, 5.41) is 6.50. The van der Waals surface area contributed by atoms with Crippen molar-refractivity contribution >= 4 is 5.91 Å². The van der Waals surface area contributed by atoms with Crippen molar-refractivity contribution in [3.8, 4) is 0 Å². The van der Waals surface area contributed by atoms with Gasteiger partial charge in [-0.15, -0.1) is 0 Å². The highest BCUT2D eigenvalue weighted by molar-refractivity contribution is 5.82. The van der Waals surface area contributed by atoms with Gasteiger partial charge in [-0.25, -0.2) is 0 Å². The van der Waals surface area contributed by atoms with Gasteiger partial charge in [-0.3, -0.25) is 4.79 Å². The number of fused-ring (bicyclic) bond motifs is 1. The summed E-state index contributed by atoms with van der Waals surface area (Å²) in [5.74, 6) is 1.80. The number of carbonyl (C=O) groups excluding carboxylic acids is 1. The molecule has 3 aliphatic rings. The van der Waals surface area contributed by atoms with E-state index < -0.39 is 0 Å². The molecule has 1 aliphatic heterocycles. The summed E-state index contributed by atoms with van der Waals surface area (Å²) in [7, 11) is 0. The summed E-state index contributed by atoms with van der Waals surface area (Å²) < 4.78 is 0. The molecule has 1 unspecified atom stereocenters. The Morgan fingerprint density at radius 2 is 2.21 bits per heavy atom. The number of piperidine rings is 1. The topological polar surface area (TPSA) is 41.1 Å². The molecule has 0 aromatic carbocycles. The predicted molar refractivity (Wildman–Crippen MR) is 53.8 cm³/mol. The lowest BCUT2D eigenvalue weighted by Gasteiger charge is -2.17. The van der Waals surface area contributed by atoms with Gasteiger partial charge >= 0.3 is 0 Å². The van der Waals surface area contributed by atoms with E-state index in [0.717, 1.165) is 18.3 Å². The highest BCUT2D eigenvalue weighted by atomic mass is 16.2. The van der Waals surface area contributed by atoms with Crippen molar-refractivity contribution < 1.29 is 4.79 Å². The second-order valence-electron chi connectivity index (χ2n) is 5.19. The SMILES string of the molecule is CC(NC(=O)[C@@H]1C[C@@H]2C[C@@H]2N1)C1CC1. The van der Waals surface area contributed by atoms with E-state index in [1.807, 2.05) is 0 Å². The zero-order valence-corrected chi connectivity index (χ0v) is 8.62. The summed E-state index contributed by atoms with van der Waals surface area (Å²) in [6.07, 6.45) is 4.95. The van der Waals surface area contributed by atoms with Crippen molar-refractivity contribution in [1.29, 1.82) is 0 Å². The minimum Gasteiger partial charge on any atom is -0.352 e. The Morgan fingerprint density at radius 1 is 1.43 bits per heavy atom. The number of hydrogen-bond acceptors (Lipinski definition) is 2. The zero-order valence-electron chi connectivity index (χ0n) is 8.62. The molecule has 1 heterocycles. The van der Waals surface area contributed by atoms with Crippen LogP contribution in [0.1, 0.15) is 32.6 Å². The molecular formula is C11H18N2O. The van der Waals surface area contributed by atoms with E-state index in [0.29, 0.717) is 12.1 Å². The largest absolute Gasteiger partial charge is 0.352 e. The average Bonchev–Trinajstić information content (AvgIpc) is 3.05. The number of nitrogens with one attached hydrogen (secondary N) is 2. The molecule has 3 nitrogen and oxygen atoms in total. The minimum absolute atomic E-state index is 0.111. The Hall–Kier alpha value is -0.570. The fourth-order valence-electron chi connectivity index (χ4n) is 2.56. The highest BCUT2D eigenvalue weighted by Gasteiger charge is 2.48. The molecule has 78 valence electrons. The van der Waals surface area contributed by atoms with Crippen molar-refractivity contribution in [2.24, 2.45) is 11.8 Å². The number of carbonyl (C=O) groups is 1. The number of hydrogen-bond donors (Lipinski definition) is 2. The first-order chi connectivity index (χ1) is 6.74. The molecular weight excluding hydrogens is 176 g/mol. The van der Waals surface area contributed by atoms with Crippen LogP contribution in [0.15, 0.2) is 0 Å². The number of amides is 1. The van der Waals surface area contributed by atoms with Crippen molar-refractivity contribution in [3.63, 3.8) is 0 Å². The number of rotatable bonds is 3. The monoisotopic (exact) mass is 194 g/mol. The van der Waals surface area contributed by atoms with Crippen LogP contribution in [0.3, 0.4) is 0 Å². The van der Waals surface area contributed by atoms with Gasteiger partial charge in [0.15, 0.2) is 0 Å². The fraction of sp³-hybridized carbons (Fsp3) is 0.909.